The maximum absolute atomic E-state index is 6.28. The van der Waals surface area contributed by atoms with Crippen molar-refractivity contribution in [3.63, 3.8) is 0 Å². The van der Waals surface area contributed by atoms with Crippen molar-refractivity contribution in [2.45, 2.75) is 19.3 Å². The maximum atomic E-state index is 6.28. The number of rotatable bonds is 4. The second kappa shape index (κ2) is 12.6. The van der Waals surface area contributed by atoms with E-state index in [2.05, 4.69) is 157 Å². The summed E-state index contributed by atoms with van der Waals surface area (Å²) in [7, 11) is 0. The first-order chi connectivity index (χ1) is 28.3. The van der Waals surface area contributed by atoms with Crippen molar-refractivity contribution in [1.29, 1.82) is 0 Å². The predicted octanol–water partition coefficient (Wildman–Crippen LogP) is 15.0. The van der Waals surface area contributed by atoms with Crippen molar-refractivity contribution in [1.82, 2.24) is 0 Å². The van der Waals surface area contributed by atoms with Gasteiger partial charge in [0, 0.05) is 39.1 Å². The standard InChI is InChI=1S/C55H34O2/c1-2-14-35(15-3-1)54-40-17-5-4-13-34(40)25-28-45(54)55-43-20-7-6-16-38(36-26-29-52-48(31-36)41-18-8-10-23-50(41)56-52)46(43)33-47-39(21-12-22-44(47)55)37-27-30-53-49(32-37)42-19-9-11-24-51(42)57-53/h1-2,4-5,8-14,16-19,21-33H,3,6,15H2. The third-order valence-electron chi connectivity index (χ3n) is 12.0. The summed E-state index contributed by atoms with van der Waals surface area (Å²) in [6.07, 6.45) is 11.8. The second-order valence-corrected chi connectivity index (χ2v) is 15.2. The van der Waals surface area contributed by atoms with Crippen LogP contribution in [-0.2, 0) is 0 Å². The Balaban J connectivity index is 1.19. The maximum Gasteiger partial charge on any atom is 0.135 e. The van der Waals surface area contributed by atoms with Crippen molar-refractivity contribution >= 4 is 76.6 Å². The van der Waals surface area contributed by atoms with Crippen LogP contribution in [0.5, 0.6) is 0 Å². The third kappa shape index (κ3) is 4.99. The molecule has 2 aromatic heterocycles. The van der Waals surface area contributed by atoms with Crippen LogP contribution >= 0.6 is 0 Å². The van der Waals surface area contributed by atoms with Crippen LogP contribution in [0.1, 0.15) is 41.5 Å². The number of benzene rings is 8. The normalized spacial score (nSPS) is 13.9. The number of para-hydroxylation sites is 2. The summed E-state index contributed by atoms with van der Waals surface area (Å²) in [5.41, 5.74) is 15.5. The summed E-state index contributed by atoms with van der Waals surface area (Å²) in [6.45, 7) is 0. The van der Waals surface area contributed by atoms with E-state index in [-0.39, 0.29) is 0 Å². The van der Waals surface area contributed by atoms with Gasteiger partial charge in [-0.15, -0.1) is 0 Å². The van der Waals surface area contributed by atoms with Gasteiger partial charge in [-0.1, -0.05) is 139 Å². The average molecular weight is 727 g/mol. The zero-order chi connectivity index (χ0) is 37.5. The Morgan fingerprint density at radius 3 is 1.93 bits per heavy atom. The fourth-order valence-corrected chi connectivity index (χ4v) is 9.40. The fraction of sp³-hybridized carbons (Fsp3) is 0.0545. The summed E-state index contributed by atoms with van der Waals surface area (Å²) in [5, 5.41) is 9.39. The largest absolute Gasteiger partial charge is 0.456 e. The van der Waals surface area contributed by atoms with Crippen LogP contribution in [0, 0.1) is 11.8 Å². The summed E-state index contributed by atoms with van der Waals surface area (Å²) < 4.78 is 12.6. The van der Waals surface area contributed by atoms with Gasteiger partial charge < -0.3 is 8.83 Å². The van der Waals surface area contributed by atoms with E-state index >= 15 is 0 Å². The molecule has 0 amide bonds. The lowest BCUT2D eigenvalue weighted by Crippen LogP contribution is -2.01. The van der Waals surface area contributed by atoms with Crippen molar-refractivity contribution < 1.29 is 8.83 Å². The van der Waals surface area contributed by atoms with Gasteiger partial charge in [0.05, 0.1) is 0 Å². The van der Waals surface area contributed by atoms with Crippen LogP contribution in [0.25, 0.3) is 98.8 Å². The van der Waals surface area contributed by atoms with Crippen molar-refractivity contribution in [2.75, 3.05) is 0 Å². The zero-order valence-corrected chi connectivity index (χ0v) is 31.1. The van der Waals surface area contributed by atoms with Gasteiger partial charge in [-0.05, 0) is 121 Å². The Bertz CT molecular complexity index is 3490. The quantitative estimate of drug-likeness (QED) is 0.169. The SMILES string of the molecule is C1#Cc2c(cc3c(-c4ccc5oc6ccccc6c5c4)cccc3c2-c2ccc3ccccc3c2C2=CC=CCC2)C(c2ccc3oc4ccccc4c3c2)=CC1. The predicted molar refractivity (Wildman–Crippen MR) is 238 cm³/mol. The van der Waals surface area contributed by atoms with E-state index in [1.165, 1.54) is 54.9 Å². The van der Waals surface area contributed by atoms with E-state index in [4.69, 9.17) is 8.83 Å². The molecule has 2 heteroatoms. The molecule has 0 atom stereocenters. The summed E-state index contributed by atoms with van der Waals surface area (Å²) >= 11 is 0. The van der Waals surface area contributed by atoms with Crippen LogP contribution in [0.2, 0.25) is 0 Å². The van der Waals surface area contributed by atoms with Crippen LogP contribution in [0.3, 0.4) is 0 Å². The van der Waals surface area contributed by atoms with Gasteiger partial charge in [0.15, 0.2) is 0 Å². The highest BCUT2D eigenvalue weighted by Crippen LogP contribution is 2.47. The molecule has 0 spiro atoms. The molecular formula is C55H34O2. The molecular weight excluding hydrogens is 693 g/mol. The second-order valence-electron chi connectivity index (χ2n) is 15.2. The first kappa shape index (κ1) is 32.0. The molecule has 0 bridgehead atoms. The molecule has 10 aromatic rings. The number of hydrogen-bond acceptors (Lipinski definition) is 2. The number of hydrogen-bond donors (Lipinski definition) is 0. The minimum atomic E-state index is 0.654. The molecule has 0 radical (unpaired) electrons. The minimum absolute atomic E-state index is 0.654. The van der Waals surface area contributed by atoms with Crippen molar-refractivity contribution in [2.24, 2.45) is 0 Å². The Hall–Kier alpha value is -7.34. The molecule has 0 saturated heterocycles. The van der Waals surface area contributed by atoms with E-state index < -0.39 is 0 Å². The smallest absolute Gasteiger partial charge is 0.135 e. The lowest BCUT2D eigenvalue weighted by atomic mass is 9.80. The van der Waals surface area contributed by atoms with E-state index in [0.29, 0.717) is 6.42 Å². The van der Waals surface area contributed by atoms with Crippen molar-refractivity contribution in [3.8, 4) is 34.1 Å². The van der Waals surface area contributed by atoms with E-state index in [9.17, 15) is 0 Å². The molecule has 2 aliphatic carbocycles. The van der Waals surface area contributed by atoms with Crippen LogP contribution in [-0.4, -0.2) is 0 Å². The fourth-order valence-electron chi connectivity index (χ4n) is 9.40. The molecule has 0 unspecified atom stereocenters. The van der Waals surface area contributed by atoms with E-state index in [1.54, 1.807) is 0 Å². The minimum Gasteiger partial charge on any atom is -0.456 e. The highest BCUT2D eigenvalue weighted by molar-refractivity contribution is 6.15. The molecule has 0 saturated carbocycles. The summed E-state index contributed by atoms with van der Waals surface area (Å²) in [4.78, 5) is 0. The molecule has 8 aromatic carbocycles. The van der Waals surface area contributed by atoms with E-state index in [0.717, 1.165) is 79.0 Å². The highest BCUT2D eigenvalue weighted by Gasteiger charge is 2.25. The number of allylic oxidation sites excluding steroid dienone is 5. The number of furan rings is 2. The molecule has 12 rings (SSSR count). The molecule has 2 nitrogen and oxygen atoms in total. The van der Waals surface area contributed by atoms with Gasteiger partial charge in [0.2, 0.25) is 0 Å². The lowest BCUT2D eigenvalue weighted by molar-refractivity contribution is 0.668. The highest BCUT2D eigenvalue weighted by atomic mass is 16.3. The summed E-state index contributed by atoms with van der Waals surface area (Å²) in [6, 6.07) is 52.6. The molecule has 0 aliphatic heterocycles. The molecule has 2 heterocycles. The Morgan fingerprint density at radius 1 is 0.474 bits per heavy atom. The molecule has 266 valence electrons. The van der Waals surface area contributed by atoms with Crippen molar-refractivity contribution in [3.05, 3.63) is 192 Å². The Labute approximate surface area is 329 Å². The van der Waals surface area contributed by atoms with E-state index in [1.807, 2.05) is 24.3 Å². The molecule has 2 aliphatic rings. The van der Waals surface area contributed by atoms with Gasteiger partial charge in [-0.3, -0.25) is 0 Å². The first-order valence-electron chi connectivity index (χ1n) is 19.8. The third-order valence-corrected chi connectivity index (χ3v) is 12.0. The Kier molecular flexibility index (Phi) is 7.06. The average Bonchev–Trinajstić information content (AvgIpc) is 3.75. The number of fused-ring (bicyclic) bond motifs is 9. The van der Waals surface area contributed by atoms with Crippen LogP contribution < -0.4 is 0 Å². The molecule has 0 fully saturated rings. The summed E-state index contributed by atoms with van der Waals surface area (Å²) in [5.74, 6) is 7.33. The van der Waals surface area contributed by atoms with Gasteiger partial charge in [-0.2, -0.15) is 0 Å². The van der Waals surface area contributed by atoms with Gasteiger partial charge in [-0.25, -0.2) is 0 Å². The lowest BCUT2D eigenvalue weighted by Gasteiger charge is -2.23. The van der Waals surface area contributed by atoms with Crippen LogP contribution in [0.15, 0.2) is 179 Å². The first-order valence-corrected chi connectivity index (χ1v) is 19.8. The van der Waals surface area contributed by atoms with Gasteiger partial charge in [0.25, 0.3) is 0 Å². The molecule has 57 heavy (non-hydrogen) atoms. The zero-order valence-electron chi connectivity index (χ0n) is 31.1. The topological polar surface area (TPSA) is 26.3 Å². The monoisotopic (exact) mass is 726 g/mol. The van der Waals surface area contributed by atoms with Gasteiger partial charge in [0.1, 0.15) is 22.3 Å². The Morgan fingerprint density at radius 2 is 1.16 bits per heavy atom. The van der Waals surface area contributed by atoms with Gasteiger partial charge >= 0.3 is 0 Å². The van der Waals surface area contributed by atoms with Crippen LogP contribution in [0.4, 0.5) is 0 Å². The molecule has 0 N–H and O–H groups in total.